The summed E-state index contributed by atoms with van der Waals surface area (Å²) in [6, 6.07) is 20.4. The largest absolute Gasteiger partial charge is 0.481 e. The fourth-order valence-corrected chi connectivity index (χ4v) is 4.92. The van der Waals surface area contributed by atoms with Crippen molar-refractivity contribution in [1.29, 1.82) is 0 Å². The molecule has 4 rings (SSSR count). The minimum atomic E-state index is -1.01. The molecule has 0 radical (unpaired) electrons. The van der Waals surface area contributed by atoms with Crippen LogP contribution in [0.5, 0.6) is 0 Å². The molecule has 39 heavy (non-hydrogen) atoms. The maximum atomic E-state index is 13.6. The van der Waals surface area contributed by atoms with Crippen molar-refractivity contribution in [2.24, 2.45) is 0 Å². The Morgan fingerprint density at radius 1 is 0.769 bits per heavy atom. The first-order valence-electron chi connectivity index (χ1n) is 13.1. The van der Waals surface area contributed by atoms with Crippen LogP contribution in [0.1, 0.15) is 86.6 Å². The highest BCUT2D eigenvalue weighted by atomic mass is 35.5. The third-order valence-electron chi connectivity index (χ3n) is 6.98. The van der Waals surface area contributed by atoms with E-state index in [4.69, 9.17) is 16.7 Å². The molecule has 0 saturated heterocycles. The van der Waals surface area contributed by atoms with Gasteiger partial charge in [-0.3, -0.25) is 19.2 Å². The predicted molar refractivity (Wildman–Crippen MR) is 151 cm³/mol. The quantitative estimate of drug-likeness (QED) is 0.218. The molecule has 1 aliphatic rings. The van der Waals surface area contributed by atoms with E-state index >= 15 is 0 Å². The number of allylic oxidation sites excluding steroid dienone is 2. The van der Waals surface area contributed by atoms with Gasteiger partial charge in [0.1, 0.15) is 0 Å². The van der Waals surface area contributed by atoms with Gasteiger partial charge in [-0.1, -0.05) is 79.4 Å². The third-order valence-corrected chi connectivity index (χ3v) is 7.23. The molecule has 0 heterocycles. The van der Waals surface area contributed by atoms with Crippen molar-refractivity contribution in [1.82, 2.24) is 5.32 Å². The number of ketones is 2. The second-order valence-electron chi connectivity index (χ2n) is 9.69. The normalized spacial score (nSPS) is 14.0. The van der Waals surface area contributed by atoms with E-state index in [1.165, 1.54) is 68.0 Å². The van der Waals surface area contributed by atoms with Gasteiger partial charge in [0, 0.05) is 33.8 Å². The summed E-state index contributed by atoms with van der Waals surface area (Å²) in [5.74, 6) is -1.56. The molecule has 200 valence electrons. The van der Waals surface area contributed by atoms with Crippen LogP contribution in [-0.2, 0) is 4.79 Å². The van der Waals surface area contributed by atoms with E-state index in [1.54, 1.807) is 24.3 Å². The second kappa shape index (κ2) is 13.2. The van der Waals surface area contributed by atoms with Gasteiger partial charge in [0.2, 0.25) is 0 Å². The molecule has 6 nitrogen and oxygen atoms in total. The van der Waals surface area contributed by atoms with Gasteiger partial charge in [0.05, 0.1) is 6.42 Å². The van der Waals surface area contributed by atoms with Crippen molar-refractivity contribution in [3.8, 4) is 0 Å². The van der Waals surface area contributed by atoms with Crippen molar-refractivity contribution < 1.29 is 24.3 Å². The minimum absolute atomic E-state index is 0.00203. The van der Waals surface area contributed by atoms with Crippen LogP contribution in [0, 0.1) is 0 Å². The zero-order chi connectivity index (χ0) is 27.8. The van der Waals surface area contributed by atoms with Crippen molar-refractivity contribution in [2.45, 2.75) is 44.4 Å². The van der Waals surface area contributed by atoms with Crippen LogP contribution in [0.3, 0.4) is 0 Å². The molecule has 0 bridgehead atoms. The number of carbonyl (C=O) groups is 4. The monoisotopic (exact) mass is 543 g/mol. The summed E-state index contributed by atoms with van der Waals surface area (Å²) in [6.07, 6.45) is 7.26. The summed E-state index contributed by atoms with van der Waals surface area (Å²) < 4.78 is 0. The van der Waals surface area contributed by atoms with Crippen LogP contribution < -0.4 is 5.32 Å². The van der Waals surface area contributed by atoms with Crippen LogP contribution in [-0.4, -0.2) is 35.1 Å². The van der Waals surface area contributed by atoms with Gasteiger partial charge in [0.25, 0.3) is 5.91 Å². The Kier molecular flexibility index (Phi) is 9.45. The molecule has 0 aliphatic heterocycles. The van der Waals surface area contributed by atoms with Gasteiger partial charge in [0.15, 0.2) is 11.6 Å². The maximum absolute atomic E-state index is 13.6. The number of amides is 1. The van der Waals surface area contributed by atoms with E-state index < -0.39 is 11.9 Å². The first-order chi connectivity index (χ1) is 18.8. The SMILES string of the molecule is O=C(O)CCNC(=O)c1ccc(C(=O)/C(=C/C(=O)c2ccc(C3CCCCC3)cc2)c2ccc(Cl)cc2)cc1. The third kappa shape index (κ3) is 7.52. The number of Topliss-reactive ketones (excluding diaryl/α,β-unsaturated/α-hetero) is 1. The van der Waals surface area contributed by atoms with E-state index in [0.717, 1.165) is 0 Å². The number of nitrogens with one attached hydrogen (secondary N) is 1. The van der Waals surface area contributed by atoms with Gasteiger partial charge < -0.3 is 10.4 Å². The summed E-state index contributed by atoms with van der Waals surface area (Å²) in [5.41, 5.74) is 3.11. The van der Waals surface area contributed by atoms with E-state index in [9.17, 15) is 19.2 Å². The smallest absolute Gasteiger partial charge is 0.305 e. The molecular weight excluding hydrogens is 514 g/mol. The highest BCUT2D eigenvalue weighted by Crippen LogP contribution is 2.32. The lowest BCUT2D eigenvalue weighted by atomic mass is 9.84. The average Bonchev–Trinajstić information content (AvgIpc) is 2.96. The standard InChI is InChI=1S/C32H30ClNO5/c33-27-16-14-23(15-17-27)28(20-29(35)24-8-6-22(7-9-24)21-4-2-1-3-5-21)31(38)25-10-12-26(13-11-25)32(39)34-19-18-30(36)37/h6-17,20-21H,1-5,18-19H2,(H,34,39)(H,36,37)/b28-20+. The minimum Gasteiger partial charge on any atom is -0.481 e. The number of hydrogen-bond acceptors (Lipinski definition) is 4. The Balaban J connectivity index is 1.56. The van der Waals surface area contributed by atoms with E-state index in [0.29, 0.717) is 33.2 Å². The Hall–Kier alpha value is -4.03. The van der Waals surface area contributed by atoms with Crippen molar-refractivity contribution in [2.75, 3.05) is 6.54 Å². The molecule has 0 aromatic heterocycles. The highest BCUT2D eigenvalue weighted by molar-refractivity contribution is 6.33. The fraction of sp³-hybridized carbons (Fsp3) is 0.250. The van der Waals surface area contributed by atoms with Crippen LogP contribution in [0.2, 0.25) is 5.02 Å². The number of halogens is 1. The molecular formula is C32H30ClNO5. The van der Waals surface area contributed by atoms with Crippen LogP contribution in [0.15, 0.2) is 78.9 Å². The fourth-order valence-electron chi connectivity index (χ4n) is 4.79. The summed E-state index contributed by atoms with van der Waals surface area (Å²) in [6.45, 7) is 0.00203. The van der Waals surface area contributed by atoms with Crippen LogP contribution in [0.4, 0.5) is 0 Å². The zero-order valence-corrected chi connectivity index (χ0v) is 22.2. The summed E-state index contributed by atoms with van der Waals surface area (Å²) in [4.78, 5) is 49.8. The van der Waals surface area contributed by atoms with E-state index in [2.05, 4.69) is 5.32 Å². The zero-order valence-electron chi connectivity index (χ0n) is 21.5. The Bertz CT molecular complexity index is 1370. The van der Waals surface area contributed by atoms with Crippen molar-refractivity contribution in [3.05, 3.63) is 112 Å². The van der Waals surface area contributed by atoms with Gasteiger partial charge in [-0.05, 0) is 60.2 Å². The van der Waals surface area contributed by atoms with Crippen molar-refractivity contribution >= 4 is 40.6 Å². The highest BCUT2D eigenvalue weighted by Gasteiger charge is 2.19. The molecule has 3 aromatic rings. The Morgan fingerprint density at radius 3 is 1.95 bits per heavy atom. The number of rotatable bonds is 10. The number of hydrogen-bond donors (Lipinski definition) is 2. The number of benzene rings is 3. The lowest BCUT2D eigenvalue weighted by Crippen LogP contribution is -2.26. The second-order valence-corrected chi connectivity index (χ2v) is 10.1. The molecule has 3 aromatic carbocycles. The molecule has 1 amide bonds. The van der Waals surface area contributed by atoms with Gasteiger partial charge in [-0.15, -0.1) is 0 Å². The summed E-state index contributed by atoms with van der Waals surface area (Å²) >= 11 is 6.05. The topological polar surface area (TPSA) is 101 Å². The van der Waals surface area contributed by atoms with Crippen LogP contribution >= 0.6 is 11.6 Å². The molecule has 1 fully saturated rings. The molecule has 0 atom stereocenters. The molecule has 0 unspecified atom stereocenters. The van der Waals surface area contributed by atoms with E-state index in [-0.39, 0.29) is 30.1 Å². The number of aliphatic carboxylic acids is 1. The molecule has 1 saturated carbocycles. The van der Waals surface area contributed by atoms with Gasteiger partial charge in [-0.25, -0.2) is 0 Å². The predicted octanol–water partition coefficient (Wildman–Crippen LogP) is 6.74. The first-order valence-corrected chi connectivity index (χ1v) is 13.5. The Morgan fingerprint density at radius 2 is 1.33 bits per heavy atom. The number of carboxylic acids is 1. The molecule has 1 aliphatic carbocycles. The lowest BCUT2D eigenvalue weighted by Gasteiger charge is -2.21. The first kappa shape index (κ1) is 28.0. The van der Waals surface area contributed by atoms with Crippen molar-refractivity contribution in [3.63, 3.8) is 0 Å². The Labute approximate surface area is 232 Å². The van der Waals surface area contributed by atoms with Crippen LogP contribution in [0.25, 0.3) is 5.57 Å². The van der Waals surface area contributed by atoms with E-state index in [1.807, 2.05) is 24.3 Å². The maximum Gasteiger partial charge on any atom is 0.305 e. The lowest BCUT2D eigenvalue weighted by molar-refractivity contribution is -0.136. The molecule has 7 heteroatoms. The summed E-state index contributed by atoms with van der Waals surface area (Å²) in [5, 5.41) is 11.8. The number of carbonyl (C=O) groups excluding carboxylic acids is 3. The van der Waals surface area contributed by atoms with Gasteiger partial charge >= 0.3 is 5.97 Å². The molecule has 0 spiro atoms. The molecule has 2 N–H and O–H groups in total. The number of carboxylic acid groups (broad SMARTS) is 1. The summed E-state index contributed by atoms with van der Waals surface area (Å²) in [7, 11) is 0. The average molecular weight is 544 g/mol. The van der Waals surface area contributed by atoms with Gasteiger partial charge in [-0.2, -0.15) is 0 Å².